The van der Waals surface area contributed by atoms with Crippen LogP contribution < -0.4 is 0 Å². The van der Waals surface area contributed by atoms with E-state index in [9.17, 15) is 9.59 Å². The first-order valence-electron chi connectivity index (χ1n) is 4.72. The molecule has 0 radical (unpaired) electrons. The number of hydrogen-bond acceptors (Lipinski definition) is 5. The van der Waals surface area contributed by atoms with Crippen molar-refractivity contribution in [2.24, 2.45) is 13.0 Å². The van der Waals surface area contributed by atoms with Gasteiger partial charge >= 0.3 is 11.9 Å². The van der Waals surface area contributed by atoms with Crippen LogP contribution in [0.25, 0.3) is 0 Å². The second-order valence-electron chi connectivity index (χ2n) is 3.28. The van der Waals surface area contributed by atoms with Gasteiger partial charge < -0.3 is 9.47 Å². The Kier molecular flexibility index (Phi) is 4.04. The van der Waals surface area contributed by atoms with E-state index in [0.717, 1.165) is 0 Å². The number of methoxy groups -OCH3 is 2. The van der Waals surface area contributed by atoms with Gasteiger partial charge in [-0.15, -0.1) is 0 Å². The number of rotatable bonds is 4. The van der Waals surface area contributed by atoms with Crippen LogP contribution in [0.1, 0.15) is 5.69 Å². The van der Waals surface area contributed by atoms with Crippen molar-refractivity contribution in [3.63, 3.8) is 0 Å². The molecule has 1 aromatic heterocycles. The summed E-state index contributed by atoms with van der Waals surface area (Å²) in [5.41, 5.74) is 0.642. The first-order chi connectivity index (χ1) is 7.58. The van der Waals surface area contributed by atoms with Crippen molar-refractivity contribution in [2.75, 3.05) is 14.2 Å². The SMILES string of the molecule is COC(=O)C(Cc1ccn(C)n1)C(=O)OC. The molecule has 0 aliphatic rings. The molecule has 6 nitrogen and oxygen atoms in total. The molecular formula is C10H14N2O4. The zero-order chi connectivity index (χ0) is 12.1. The van der Waals surface area contributed by atoms with E-state index in [2.05, 4.69) is 14.6 Å². The highest BCUT2D eigenvalue weighted by Crippen LogP contribution is 2.10. The minimum absolute atomic E-state index is 0.181. The van der Waals surface area contributed by atoms with Crippen molar-refractivity contribution in [3.8, 4) is 0 Å². The van der Waals surface area contributed by atoms with Crippen LogP contribution in [0.3, 0.4) is 0 Å². The Bertz CT molecular complexity index is 370. The molecule has 0 saturated heterocycles. The van der Waals surface area contributed by atoms with Crippen LogP contribution in [0.15, 0.2) is 12.3 Å². The second kappa shape index (κ2) is 5.29. The standard InChI is InChI=1S/C10H14N2O4/c1-12-5-4-7(11-12)6-8(9(13)15-2)10(14)16-3/h4-5,8H,6H2,1-3H3. The Balaban J connectivity index is 2.78. The predicted molar refractivity (Wildman–Crippen MR) is 54.4 cm³/mol. The molecule has 1 aromatic rings. The molecule has 6 heteroatoms. The van der Waals surface area contributed by atoms with Gasteiger partial charge in [0.1, 0.15) is 0 Å². The summed E-state index contributed by atoms with van der Waals surface area (Å²) in [6, 6.07) is 1.74. The van der Waals surface area contributed by atoms with E-state index in [1.54, 1.807) is 24.0 Å². The minimum Gasteiger partial charge on any atom is -0.468 e. The minimum atomic E-state index is -0.954. The molecular weight excluding hydrogens is 212 g/mol. The predicted octanol–water partition coefficient (Wildman–Crippen LogP) is -0.0752. The zero-order valence-corrected chi connectivity index (χ0v) is 9.47. The number of hydrogen-bond donors (Lipinski definition) is 0. The summed E-state index contributed by atoms with van der Waals surface area (Å²) in [7, 11) is 4.22. The van der Waals surface area contributed by atoms with E-state index >= 15 is 0 Å². The van der Waals surface area contributed by atoms with Gasteiger partial charge in [-0.3, -0.25) is 14.3 Å². The number of ether oxygens (including phenoxy) is 2. The van der Waals surface area contributed by atoms with Crippen molar-refractivity contribution in [1.29, 1.82) is 0 Å². The van der Waals surface area contributed by atoms with Gasteiger partial charge in [0.15, 0.2) is 5.92 Å². The van der Waals surface area contributed by atoms with Crippen LogP contribution in [0, 0.1) is 5.92 Å². The molecule has 0 amide bonds. The molecule has 0 spiro atoms. The van der Waals surface area contributed by atoms with Gasteiger partial charge in [-0.25, -0.2) is 0 Å². The average molecular weight is 226 g/mol. The van der Waals surface area contributed by atoms with Crippen LogP contribution in [0.2, 0.25) is 0 Å². The molecule has 0 fully saturated rings. The lowest BCUT2D eigenvalue weighted by molar-refractivity contribution is -0.158. The third kappa shape index (κ3) is 2.82. The highest BCUT2D eigenvalue weighted by atomic mass is 16.5. The Labute approximate surface area is 93.1 Å². The van der Waals surface area contributed by atoms with Gasteiger partial charge in [0, 0.05) is 19.7 Å². The lowest BCUT2D eigenvalue weighted by Crippen LogP contribution is -2.28. The van der Waals surface area contributed by atoms with Gasteiger partial charge in [0.25, 0.3) is 0 Å². The Morgan fingerprint density at radius 3 is 2.31 bits per heavy atom. The molecule has 88 valence electrons. The fourth-order valence-electron chi connectivity index (χ4n) is 1.33. The van der Waals surface area contributed by atoms with E-state index in [0.29, 0.717) is 5.69 Å². The summed E-state index contributed by atoms with van der Waals surface area (Å²) in [6.45, 7) is 0. The fraction of sp³-hybridized carbons (Fsp3) is 0.500. The summed E-state index contributed by atoms with van der Waals surface area (Å²) >= 11 is 0. The molecule has 0 aromatic carbocycles. The van der Waals surface area contributed by atoms with E-state index in [4.69, 9.17) is 0 Å². The third-order valence-corrected chi connectivity index (χ3v) is 2.15. The molecule has 16 heavy (non-hydrogen) atoms. The number of esters is 2. The van der Waals surface area contributed by atoms with Crippen LogP contribution in [-0.2, 0) is 32.5 Å². The summed E-state index contributed by atoms with van der Waals surface area (Å²) in [5.74, 6) is -2.18. The van der Waals surface area contributed by atoms with Crippen molar-refractivity contribution in [1.82, 2.24) is 9.78 Å². The first kappa shape index (κ1) is 12.2. The first-order valence-corrected chi connectivity index (χ1v) is 4.72. The molecule has 1 rings (SSSR count). The van der Waals surface area contributed by atoms with Crippen LogP contribution in [-0.4, -0.2) is 35.9 Å². The van der Waals surface area contributed by atoms with Crippen molar-refractivity contribution < 1.29 is 19.1 Å². The largest absolute Gasteiger partial charge is 0.468 e. The molecule has 0 atom stereocenters. The van der Waals surface area contributed by atoms with E-state index in [-0.39, 0.29) is 6.42 Å². The van der Waals surface area contributed by atoms with Crippen LogP contribution >= 0.6 is 0 Å². The van der Waals surface area contributed by atoms with E-state index in [1.807, 2.05) is 0 Å². The summed E-state index contributed by atoms with van der Waals surface area (Å²) in [4.78, 5) is 22.7. The molecule has 0 N–H and O–H groups in total. The number of aryl methyl sites for hydroxylation is 1. The van der Waals surface area contributed by atoms with Crippen LogP contribution in [0.5, 0.6) is 0 Å². The maximum Gasteiger partial charge on any atom is 0.320 e. The van der Waals surface area contributed by atoms with Crippen molar-refractivity contribution in [3.05, 3.63) is 18.0 Å². The molecule has 0 aliphatic carbocycles. The maximum atomic E-state index is 11.4. The number of carbonyl (C=O) groups excluding carboxylic acids is 2. The lowest BCUT2D eigenvalue weighted by atomic mass is 10.0. The fourth-order valence-corrected chi connectivity index (χ4v) is 1.33. The number of aromatic nitrogens is 2. The van der Waals surface area contributed by atoms with Gasteiger partial charge in [-0.2, -0.15) is 5.10 Å². The van der Waals surface area contributed by atoms with Gasteiger partial charge in [-0.05, 0) is 6.07 Å². The van der Waals surface area contributed by atoms with E-state index < -0.39 is 17.9 Å². The van der Waals surface area contributed by atoms with E-state index in [1.165, 1.54) is 14.2 Å². The molecule has 0 bridgehead atoms. The normalized spacial score (nSPS) is 10.2. The molecule has 1 heterocycles. The molecule has 0 unspecified atom stereocenters. The quantitative estimate of drug-likeness (QED) is 0.530. The smallest absolute Gasteiger partial charge is 0.320 e. The van der Waals surface area contributed by atoms with Gasteiger partial charge in [0.2, 0.25) is 0 Å². The summed E-state index contributed by atoms with van der Waals surface area (Å²) < 4.78 is 10.7. The Morgan fingerprint density at radius 2 is 1.94 bits per heavy atom. The maximum absolute atomic E-state index is 11.4. The monoisotopic (exact) mass is 226 g/mol. The number of nitrogens with zero attached hydrogens (tertiary/aromatic N) is 2. The Morgan fingerprint density at radius 1 is 1.38 bits per heavy atom. The van der Waals surface area contributed by atoms with Crippen molar-refractivity contribution in [2.45, 2.75) is 6.42 Å². The van der Waals surface area contributed by atoms with Gasteiger partial charge in [0.05, 0.1) is 19.9 Å². The lowest BCUT2D eigenvalue weighted by Gasteiger charge is -2.10. The average Bonchev–Trinajstić information content (AvgIpc) is 2.69. The topological polar surface area (TPSA) is 70.4 Å². The Hall–Kier alpha value is -1.85. The molecule has 0 aliphatic heterocycles. The summed E-state index contributed by atoms with van der Waals surface area (Å²) in [6.07, 6.45) is 1.92. The highest BCUT2D eigenvalue weighted by Gasteiger charge is 2.29. The highest BCUT2D eigenvalue weighted by molar-refractivity contribution is 5.95. The van der Waals surface area contributed by atoms with Gasteiger partial charge in [-0.1, -0.05) is 0 Å². The van der Waals surface area contributed by atoms with Crippen molar-refractivity contribution >= 4 is 11.9 Å². The second-order valence-corrected chi connectivity index (χ2v) is 3.28. The summed E-state index contributed by atoms with van der Waals surface area (Å²) in [5, 5.41) is 4.08. The number of carbonyl (C=O) groups is 2. The molecule has 0 saturated carbocycles. The van der Waals surface area contributed by atoms with Crippen LogP contribution in [0.4, 0.5) is 0 Å². The third-order valence-electron chi connectivity index (χ3n) is 2.15. The zero-order valence-electron chi connectivity index (χ0n) is 9.47.